The molecule has 0 heterocycles. The van der Waals surface area contributed by atoms with Gasteiger partial charge in [0.2, 0.25) is 0 Å². The molecular formula is C32H42FI. The highest BCUT2D eigenvalue weighted by atomic mass is 127. The number of hydrogen-bond acceptors (Lipinski definition) is 0. The fourth-order valence-electron chi connectivity index (χ4n) is 16.3. The van der Waals surface area contributed by atoms with Gasteiger partial charge in [0, 0.05) is 3.92 Å². The lowest BCUT2D eigenvalue weighted by molar-refractivity contribution is -0.351. The van der Waals surface area contributed by atoms with Gasteiger partial charge in [0.1, 0.15) is 6.17 Å². The average molecular weight is 573 g/mol. The zero-order valence-corrected chi connectivity index (χ0v) is 23.1. The van der Waals surface area contributed by atoms with Crippen molar-refractivity contribution < 1.29 is 4.39 Å². The zero-order valence-electron chi connectivity index (χ0n) is 20.9. The van der Waals surface area contributed by atoms with Crippen LogP contribution in [0.15, 0.2) is 0 Å². The molecule has 0 N–H and O–H groups in total. The maximum atomic E-state index is 15.6. The van der Waals surface area contributed by atoms with Crippen LogP contribution in [0, 0.1) is 124 Å². The Bertz CT molecular complexity index is 1000. The topological polar surface area (TPSA) is 0 Å². The highest BCUT2D eigenvalue weighted by molar-refractivity contribution is 14.1. The van der Waals surface area contributed by atoms with Crippen molar-refractivity contribution in [2.75, 3.05) is 0 Å². The first-order valence-corrected chi connectivity index (χ1v) is 17.0. The molecule has 0 aromatic rings. The molecule has 2 bridgehead atoms. The molecule has 0 nitrogen and oxygen atoms in total. The fraction of sp³-hybridized carbons (Fsp3) is 1.00. The predicted octanol–water partition coefficient (Wildman–Crippen LogP) is 7.36. The van der Waals surface area contributed by atoms with Crippen LogP contribution < -0.4 is 0 Å². The Balaban J connectivity index is 0.899. The fourth-order valence-corrected chi connectivity index (χ4v) is 17.8. The molecule has 21 atom stereocenters. The van der Waals surface area contributed by atoms with E-state index in [4.69, 9.17) is 0 Å². The van der Waals surface area contributed by atoms with Gasteiger partial charge in [0.15, 0.2) is 0 Å². The van der Waals surface area contributed by atoms with Gasteiger partial charge in [-0.2, -0.15) is 0 Å². The Morgan fingerprint density at radius 1 is 0.559 bits per heavy atom. The van der Waals surface area contributed by atoms with Crippen molar-refractivity contribution in [3.8, 4) is 0 Å². The largest absolute Gasteiger partial charge is 0.247 e. The quantitative estimate of drug-likeness (QED) is 0.210. The Morgan fingerprint density at radius 2 is 1.15 bits per heavy atom. The van der Waals surface area contributed by atoms with Gasteiger partial charge in [-0.25, -0.2) is 4.39 Å². The first-order valence-electron chi connectivity index (χ1n) is 15.7. The molecule has 12 rings (SSSR count). The minimum Gasteiger partial charge on any atom is -0.247 e. The Labute approximate surface area is 218 Å². The average Bonchev–Trinajstić information content (AvgIpc) is 3.44. The smallest absolute Gasteiger partial charge is 0.104 e. The Hall–Kier alpha value is 0.660. The molecule has 0 aromatic heterocycles. The number of halogens is 2. The minimum absolute atomic E-state index is 0.417. The molecule has 34 heavy (non-hydrogen) atoms. The van der Waals surface area contributed by atoms with E-state index in [2.05, 4.69) is 36.4 Å². The second-order valence-electron chi connectivity index (χ2n) is 17.0. The second kappa shape index (κ2) is 5.66. The molecule has 12 fully saturated rings. The molecular weight excluding hydrogens is 530 g/mol. The Kier molecular flexibility index (Phi) is 3.28. The maximum absolute atomic E-state index is 15.6. The first-order chi connectivity index (χ1) is 16.5. The molecule has 0 aromatic carbocycles. The molecule has 14 unspecified atom stereocenters. The number of fused-ring (bicyclic) bond motifs is 18. The highest BCUT2D eigenvalue weighted by Crippen LogP contribution is 2.85. The summed E-state index contributed by atoms with van der Waals surface area (Å²) in [6.07, 6.45) is 9.83. The Morgan fingerprint density at radius 3 is 1.94 bits per heavy atom. The van der Waals surface area contributed by atoms with E-state index in [0.717, 1.165) is 123 Å². The zero-order chi connectivity index (χ0) is 22.2. The summed E-state index contributed by atoms with van der Waals surface area (Å²) in [6, 6.07) is 0. The SMILES string of the molecule is C[C@H]1C2C3C(C4CC(F)C5C6C(CC7C[C@@H]76)[C@@H]5C43)[C@@H]2CC2C3C(C4[C@@H](I)C5CC(C)(C5)C[C@H]34)[C@H]21. The summed E-state index contributed by atoms with van der Waals surface area (Å²) in [5, 5.41) is 0. The van der Waals surface area contributed by atoms with Crippen LogP contribution in [0.5, 0.6) is 0 Å². The van der Waals surface area contributed by atoms with E-state index in [1.165, 1.54) is 12.8 Å². The van der Waals surface area contributed by atoms with Crippen LogP contribution in [0.4, 0.5) is 4.39 Å². The monoisotopic (exact) mass is 572 g/mol. The van der Waals surface area contributed by atoms with Crippen molar-refractivity contribution in [2.24, 2.45) is 124 Å². The highest BCUT2D eigenvalue weighted by Gasteiger charge is 2.81. The summed E-state index contributed by atoms with van der Waals surface area (Å²) in [7, 11) is 0. The molecule has 0 spiro atoms. The third-order valence-corrected chi connectivity index (χ3v) is 18.6. The van der Waals surface area contributed by atoms with Crippen molar-refractivity contribution in [1.29, 1.82) is 0 Å². The maximum Gasteiger partial charge on any atom is 0.104 e. The number of hydrogen-bond donors (Lipinski definition) is 0. The normalized spacial score (nSPS) is 80.8. The van der Waals surface area contributed by atoms with Crippen molar-refractivity contribution >= 4 is 22.6 Å². The van der Waals surface area contributed by atoms with Crippen molar-refractivity contribution in [3.05, 3.63) is 0 Å². The van der Waals surface area contributed by atoms with Gasteiger partial charge in [-0.05, 0) is 169 Å². The number of alkyl halides is 2. The van der Waals surface area contributed by atoms with E-state index in [0.29, 0.717) is 11.3 Å². The molecule has 184 valence electrons. The van der Waals surface area contributed by atoms with E-state index in [1.54, 1.807) is 25.7 Å². The second-order valence-corrected chi connectivity index (χ2v) is 18.5. The molecule has 12 aliphatic carbocycles. The standard InChI is InChI=1S/C32H42FI/c1-10-20-15(5-16-21(10)30-24(16)18-9-32(2)7-12(8-32)31(34)27(18)30)23-17-6-19(33)28-22-13-3-11(13)4-14(22)25(28)26(17)29(20)23/h10-31H,3-9H2,1-2H3/t10-,11?,12?,13-,14?,15+,16?,17?,18+,19?,20?,21-,22?,23?,24?,25+,26?,27?,28?,29?,30?,31-,32?/m0/s1. The molecule has 12 saturated carbocycles. The van der Waals surface area contributed by atoms with E-state index in [1.807, 2.05) is 0 Å². The minimum atomic E-state index is -0.417. The van der Waals surface area contributed by atoms with Gasteiger partial charge in [-0.3, -0.25) is 0 Å². The van der Waals surface area contributed by atoms with Crippen LogP contribution in [0.3, 0.4) is 0 Å². The van der Waals surface area contributed by atoms with Gasteiger partial charge in [0.25, 0.3) is 0 Å². The lowest BCUT2D eigenvalue weighted by atomic mass is 9.22. The van der Waals surface area contributed by atoms with E-state index >= 15 is 4.39 Å². The lowest BCUT2D eigenvalue weighted by Gasteiger charge is -2.82. The van der Waals surface area contributed by atoms with Crippen LogP contribution in [0.1, 0.15) is 58.8 Å². The summed E-state index contributed by atoms with van der Waals surface area (Å²) >= 11 is 2.94. The van der Waals surface area contributed by atoms with Crippen LogP contribution in [-0.2, 0) is 0 Å². The molecule has 2 heteroatoms. The number of rotatable bonds is 0. The summed E-state index contributed by atoms with van der Waals surface area (Å²) in [5.41, 5.74) is 0.714. The molecule has 0 aliphatic heterocycles. The van der Waals surface area contributed by atoms with E-state index < -0.39 is 6.17 Å². The molecule has 0 amide bonds. The van der Waals surface area contributed by atoms with Gasteiger partial charge in [-0.1, -0.05) is 36.4 Å². The summed E-state index contributed by atoms with van der Waals surface area (Å²) in [4.78, 5) is 0. The molecule has 0 radical (unpaired) electrons. The third-order valence-electron chi connectivity index (χ3n) is 16.7. The van der Waals surface area contributed by atoms with Crippen LogP contribution in [0.25, 0.3) is 0 Å². The lowest BCUT2D eigenvalue weighted by Crippen LogP contribution is -2.79. The van der Waals surface area contributed by atoms with Crippen molar-refractivity contribution in [1.82, 2.24) is 0 Å². The van der Waals surface area contributed by atoms with Crippen LogP contribution in [-0.4, -0.2) is 10.1 Å². The molecule has 12 aliphatic rings. The van der Waals surface area contributed by atoms with Gasteiger partial charge in [0.05, 0.1) is 0 Å². The summed E-state index contributed by atoms with van der Waals surface area (Å²) in [6.45, 7) is 5.38. The first kappa shape index (κ1) is 19.7. The van der Waals surface area contributed by atoms with Crippen molar-refractivity contribution in [2.45, 2.75) is 68.9 Å². The molecule has 0 saturated heterocycles. The van der Waals surface area contributed by atoms with E-state index in [9.17, 15) is 0 Å². The van der Waals surface area contributed by atoms with Gasteiger partial charge < -0.3 is 0 Å². The van der Waals surface area contributed by atoms with Crippen LogP contribution >= 0.6 is 22.6 Å². The van der Waals surface area contributed by atoms with Crippen molar-refractivity contribution in [3.63, 3.8) is 0 Å². The van der Waals surface area contributed by atoms with Gasteiger partial charge >= 0.3 is 0 Å². The van der Waals surface area contributed by atoms with Gasteiger partial charge in [-0.15, -0.1) is 0 Å². The summed E-state index contributed by atoms with van der Waals surface area (Å²) in [5.74, 6) is 19.8. The third kappa shape index (κ3) is 1.83. The predicted molar refractivity (Wildman–Crippen MR) is 139 cm³/mol. The van der Waals surface area contributed by atoms with E-state index in [-0.39, 0.29) is 0 Å². The van der Waals surface area contributed by atoms with Crippen LogP contribution in [0.2, 0.25) is 0 Å². The summed E-state index contributed by atoms with van der Waals surface area (Å²) < 4.78 is 16.6.